The summed E-state index contributed by atoms with van der Waals surface area (Å²) in [4.78, 5) is 134. The summed E-state index contributed by atoms with van der Waals surface area (Å²) in [6, 6.07) is 92.1. The molecule has 4 aliphatic carbocycles. The van der Waals surface area contributed by atoms with Crippen molar-refractivity contribution in [2.45, 2.75) is 85.6 Å². The molecule has 6 amide bonds. The minimum atomic E-state index is -1.53. The average Bonchev–Trinajstić information content (AvgIpc) is 1.63. The summed E-state index contributed by atoms with van der Waals surface area (Å²) in [6.07, 6.45) is -2.96. The highest BCUT2D eigenvalue weighted by Gasteiger charge is 2.38. The van der Waals surface area contributed by atoms with Crippen molar-refractivity contribution in [1.82, 2.24) is 31.9 Å². The molecule has 0 aromatic heterocycles. The number of ether oxygens (including phenoxy) is 4. The van der Waals surface area contributed by atoms with E-state index in [9.17, 15) is 58.2 Å². The molecule has 0 fully saturated rings. The van der Waals surface area contributed by atoms with Gasteiger partial charge >= 0.3 is 36.3 Å². The number of benzene rings is 12. The van der Waals surface area contributed by atoms with Crippen molar-refractivity contribution in [1.29, 1.82) is 0 Å². The van der Waals surface area contributed by atoms with Crippen LogP contribution in [0, 0.1) is 0 Å². The number of carboxylic acid groups (broad SMARTS) is 2. The number of thioether (sulfide) groups is 2. The van der Waals surface area contributed by atoms with Crippen LogP contribution in [0.2, 0.25) is 0 Å². The minimum Gasteiger partial charge on any atom is -0.480 e. The smallest absolute Gasteiger partial charge is 0.407 e. The number of carbonyl (C=O) groups is 10. The van der Waals surface area contributed by atoms with E-state index in [1.165, 1.54) is 0 Å². The summed E-state index contributed by atoms with van der Waals surface area (Å²) in [5.41, 5.74) is 19.8. The van der Waals surface area contributed by atoms with Gasteiger partial charge in [0.1, 0.15) is 62.7 Å². The fourth-order valence-electron chi connectivity index (χ4n) is 16.8. The van der Waals surface area contributed by atoms with Gasteiger partial charge in [0.25, 0.3) is 0 Å². The van der Waals surface area contributed by atoms with E-state index >= 15 is 0 Å². The molecule has 25 heteroatoms. The third kappa shape index (κ3) is 21.9. The number of rotatable bonds is 32. The Balaban J connectivity index is 0.000000204. The molecule has 0 radical (unpaired) electrons. The third-order valence-corrected chi connectivity index (χ3v) is 25.0. The summed E-state index contributed by atoms with van der Waals surface area (Å²) >= 11 is 1.35. The van der Waals surface area contributed by atoms with Gasteiger partial charge < -0.3 is 66.5 Å². The molecule has 127 heavy (non-hydrogen) atoms. The lowest BCUT2D eigenvalue weighted by molar-refractivity contribution is -0.141. The summed E-state index contributed by atoms with van der Waals surface area (Å²) < 4.78 is 23.0. The minimum absolute atomic E-state index is 0. The largest absolute Gasteiger partial charge is 0.480 e. The van der Waals surface area contributed by atoms with Crippen molar-refractivity contribution >= 4 is 81.9 Å². The van der Waals surface area contributed by atoms with Gasteiger partial charge in [0.05, 0.1) is 0 Å². The monoisotopic (exact) mass is 1740 g/mol. The van der Waals surface area contributed by atoms with Gasteiger partial charge in [-0.3, -0.25) is 19.2 Å². The van der Waals surface area contributed by atoms with Crippen LogP contribution in [0.5, 0.6) is 0 Å². The molecule has 0 saturated heterocycles. The lowest BCUT2D eigenvalue weighted by atomic mass is 9.98. The summed E-state index contributed by atoms with van der Waals surface area (Å²) in [7, 11) is 0. The number of amides is 6. The lowest BCUT2D eigenvalue weighted by Gasteiger charge is -2.23. The molecule has 23 nitrogen and oxygen atoms in total. The quantitative estimate of drug-likeness (QED) is 0.0182. The molecule has 0 spiro atoms. The molecule has 16 rings (SSSR count). The standard InChI is InChI=1S/2C51H45N3O8S.H2O/c2*55-47(44(27-32-15-3-1-4-16-32)53-50(59)61-29-42-38-23-11-7-19-34(38)35-20-8-12-24-39(35)42)52-46(48(56)57)31-63-49(58)45(28-33-17-5-2-6-18-33)54-51(60)62-30-43-40-25-13-9-21-36(40)37-22-10-14-26-41(37)43;/h2*1-26,42-46H,27-31H2,(H,52,55)(H,53,59)(H,54,60)(H,56,57);1H2. The predicted octanol–water partition coefficient (Wildman–Crippen LogP) is 15.4. The molecule has 10 N–H and O–H groups in total. The maximum absolute atomic E-state index is 13.9. The van der Waals surface area contributed by atoms with Gasteiger partial charge in [0.2, 0.25) is 22.0 Å². The van der Waals surface area contributed by atoms with E-state index in [1.54, 1.807) is 48.5 Å². The Kier molecular flexibility index (Phi) is 29.6. The summed E-state index contributed by atoms with van der Waals surface area (Å²) in [6.45, 7) is 0.121. The molecule has 6 atom stereocenters. The van der Waals surface area contributed by atoms with Crippen LogP contribution in [0.4, 0.5) is 19.2 Å². The number of nitrogens with one attached hydrogen (secondary N) is 6. The summed E-state index contributed by atoms with van der Waals surface area (Å²) in [5, 5.41) is 35.2. The molecular weight excluding hydrogens is 1650 g/mol. The van der Waals surface area contributed by atoms with Crippen molar-refractivity contribution in [2.24, 2.45) is 0 Å². The first-order valence-corrected chi connectivity index (χ1v) is 43.4. The highest BCUT2D eigenvalue weighted by atomic mass is 32.2. The zero-order valence-corrected chi connectivity index (χ0v) is 70.4. The van der Waals surface area contributed by atoms with Gasteiger partial charge in [-0.05, 0) is 111 Å². The second-order valence-corrected chi connectivity index (χ2v) is 33.0. The van der Waals surface area contributed by atoms with Crippen LogP contribution in [-0.4, -0.2) is 148 Å². The highest BCUT2D eigenvalue weighted by Crippen LogP contribution is 2.48. The molecular formula is C102H92N6O17S2. The number of aliphatic carboxylic acids is 2. The first kappa shape index (κ1) is 88.9. The molecule has 6 unspecified atom stereocenters. The molecule has 12 aromatic rings. The van der Waals surface area contributed by atoms with Crippen LogP contribution in [0.25, 0.3) is 44.5 Å². The van der Waals surface area contributed by atoms with Crippen molar-refractivity contribution in [3.8, 4) is 44.5 Å². The van der Waals surface area contributed by atoms with E-state index in [-0.39, 0.29) is 92.8 Å². The van der Waals surface area contributed by atoms with Gasteiger partial charge in [-0.15, -0.1) is 0 Å². The van der Waals surface area contributed by atoms with Gasteiger partial charge in [-0.25, -0.2) is 28.8 Å². The van der Waals surface area contributed by atoms with Crippen LogP contribution in [0.1, 0.15) is 90.4 Å². The normalized spacial score (nSPS) is 13.7. The van der Waals surface area contributed by atoms with Gasteiger partial charge in [-0.1, -0.05) is 339 Å². The van der Waals surface area contributed by atoms with E-state index in [4.69, 9.17) is 18.9 Å². The van der Waals surface area contributed by atoms with Crippen LogP contribution < -0.4 is 31.9 Å². The van der Waals surface area contributed by atoms with Crippen molar-refractivity contribution in [3.63, 3.8) is 0 Å². The fourth-order valence-corrected chi connectivity index (χ4v) is 18.6. The van der Waals surface area contributed by atoms with Crippen molar-refractivity contribution < 1.29 is 82.6 Å². The maximum atomic E-state index is 13.9. The molecule has 0 saturated carbocycles. The molecule has 0 aliphatic heterocycles. The fraction of sp³-hybridized carbons (Fsp3) is 0.196. The first-order chi connectivity index (χ1) is 61.5. The topological polar surface area (TPSA) is 352 Å². The number of hydrogen-bond acceptors (Lipinski definition) is 16. The molecule has 644 valence electrons. The number of alkyl carbamates (subject to hydrolysis) is 4. The van der Waals surface area contributed by atoms with E-state index in [0.717, 1.165) is 111 Å². The van der Waals surface area contributed by atoms with E-state index in [2.05, 4.69) is 31.9 Å². The number of hydrogen-bond donors (Lipinski definition) is 8. The summed E-state index contributed by atoms with van der Waals surface area (Å²) in [5.74, 6) is -5.83. The molecule has 0 heterocycles. The Labute approximate surface area is 742 Å². The second kappa shape index (κ2) is 42.3. The Morgan fingerprint density at radius 3 is 0.630 bits per heavy atom. The Bertz CT molecular complexity index is 5430. The lowest BCUT2D eigenvalue weighted by Crippen LogP contribution is -2.53. The molecule has 12 aromatic carbocycles. The van der Waals surface area contributed by atoms with Gasteiger partial charge in [0, 0.05) is 60.9 Å². The molecule has 0 bridgehead atoms. The van der Waals surface area contributed by atoms with Crippen LogP contribution in [-0.2, 0) is 73.4 Å². The maximum Gasteiger partial charge on any atom is 0.407 e. The Morgan fingerprint density at radius 2 is 0.425 bits per heavy atom. The number of carboxylic acids is 2. The van der Waals surface area contributed by atoms with E-state index in [1.807, 2.05) is 267 Å². The first-order valence-electron chi connectivity index (χ1n) is 41.5. The SMILES string of the molecule is O.O=C(NC(Cc1ccccc1)C(=O)NC(CSC(=O)C(Cc1ccccc1)NC(=O)OCC1c2ccccc2-c2ccccc21)C(=O)O)OCC1c2ccccc2-c2ccccc21.O=C(NC(Cc1ccccc1)C(=O)NC(CSC(=O)C(Cc1ccccc1)NC(=O)OCC1c2ccccc2-c2ccccc21)C(=O)O)OCC1c2ccccc2-c2ccccc21. The molecule has 4 aliphatic rings. The van der Waals surface area contributed by atoms with Crippen LogP contribution in [0.3, 0.4) is 0 Å². The van der Waals surface area contributed by atoms with E-state index in [0.29, 0.717) is 23.5 Å². The Hall–Kier alpha value is -14.4. The van der Waals surface area contributed by atoms with Gasteiger partial charge in [0.15, 0.2) is 0 Å². The van der Waals surface area contributed by atoms with Gasteiger partial charge in [-0.2, -0.15) is 0 Å². The van der Waals surface area contributed by atoms with Crippen LogP contribution >= 0.6 is 23.5 Å². The van der Waals surface area contributed by atoms with Crippen LogP contribution in [0.15, 0.2) is 315 Å². The number of fused-ring (bicyclic) bond motifs is 12. The zero-order valence-electron chi connectivity index (χ0n) is 68.8. The predicted molar refractivity (Wildman–Crippen MR) is 486 cm³/mol. The number of carbonyl (C=O) groups excluding carboxylic acids is 8. The second-order valence-electron chi connectivity index (χ2n) is 30.9. The van der Waals surface area contributed by atoms with E-state index < -0.39 is 94.6 Å². The Morgan fingerprint density at radius 1 is 0.244 bits per heavy atom. The van der Waals surface area contributed by atoms with Crippen molar-refractivity contribution in [2.75, 3.05) is 37.9 Å². The highest BCUT2D eigenvalue weighted by molar-refractivity contribution is 8.14. The third-order valence-electron chi connectivity index (χ3n) is 22.9. The zero-order chi connectivity index (χ0) is 87.4. The average molecular weight is 1740 g/mol. The van der Waals surface area contributed by atoms with Crippen molar-refractivity contribution in [3.05, 3.63) is 382 Å².